The van der Waals surface area contributed by atoms with Crippen molar-refractivity contribution < 1.29 is 9.59 Å². The normalized spacial score (nSPS) is 19.1. The van der Waals surface area contributed by atoms with Crippen LogP contribution in [0.3, 0.4) is 0 Å². The van der Waals surface area contributed by atoms with Crippen LogP contribution in [0.25, 0.3) is 0 Å². The van der Waals surface area contributed by atoms with Gasteiger partial charge in [-0.2, -0.15) is 0 Å². The van der Waals surface area contributed by atoms with Crippen LogP contribution in [0.15, 0.2) is 24.3 Å². The Kier molecular flexibility index (Phi) is 10.2. The Bertz CT molecular complexity index is 618. The van der Waals surface area contributed by atoms with Crippen molar-refractivity contribution in [2.45, 2.75) is 25.3 Å². The smallest absolute Gasteiger partial charge is 0.242 e. The molecule has 3 rings (SSSR count). The summed E-state index contributed by atoms with van der Waals surface area (Å²) in [5, 5.41) is 6.77. The predicted octanol–water partition coefficient (Wildman–Crippen LogP) is 2.09. The Hall–Kier alpha value is -1.21. The first-order chi connectivity index (χ1) is 12.1. The highest BCUT2D eigenvalue weighted by atomic mass is 35.5. The summed E-state index contributed by atoms with van der Waals surface area (Å²) >= 11 is 6.04. The van der Waals surface area contributed by atoms with Gasteiger partial charge in [0, 0.05) is 49.4 Å². The molecule has 2 saturated heterocycles. The van der Waals surface area contributed by atoms with Crippen molar-refractivity contribution in [3.05, 3.63) is 29.3 Å². The molecular weight excluding hydrogens is 411 g/mol. The average molecular weight is 438 g/mol. The molecule has 27 heavy (non-hydrogen) atoms. The lowest BCUT2D eigenvalue weighted by atomic mass is 10.1. The van der Waals surface area contributed by atoms with Crippen LogP contribution in [0.2, 0.25) is 5.02 Å². The second-order valence-electron chi connectivity index (χ2n) is 6.62. The van der Waals surface area contributed by atoms with E-state index in [4.69, 9.17) is 11.6 Å². The van der Waals surface area contributed by atoms with E-state index in [2.05, 4.69) is 15.5 Å². The third kappa shape index (κ3) is 7.03. The molecular formula is C18H27Cl3N4O2. The van der Waals surface area contributed by atoms with Crippen LogP contribution in [0.5, 0.6) is 0 Å². The SMILES string of the molecule is Cl.Cl.O=C(CC1CCCN1)NCC(=O)N1CCN(c2cccc(Cl)c2)CC1. The number of amides is 2. The Morgan fingerprint density at radius 1 is 1.19 bits per heavy atom. The van der Waals surface area contributed by atoms with Crippen LogP contribution in [0.4, 0.5) is 5.69 Å². The zero-order valence-electron chi connectivity index (χ0n) is 15.2. The van der Waals surface area contributed by atoms with Gasteiger partial charge in [0.1, 0.15) is 0 Å². The molecule has 2 amide bonds. The Morgan fingerprint density at radius 2 is 1.93 bits per heavy atom. The first kappa shape index (κ1) is 23.8. The van der Waals surface area contributed by atoms with Crippen LogP contribution in [0.1, 0.15) is 19.3 Å². The Labute approximate surface area is 177 Å². The van der Waals surface area contributed by atoms with Gasteiger partial charge in [0.25, 0.3) is 0 Å². The zero-order valence-corrected chi connectivity index (χ0v) is 17.5. The highest BCUT2D eigenvalue weighted by molar-refractivity contribution is 6.30. The first-order valence-electron chi connectivity index (χ1n) is 8.90. The second kappa shape index (κ2) is 11.6. The molecule has 6 nitrogen and oxygen atoms in total. The van der Waals surface area contributed by atoms with Crippen molar-refractivity contribution in [1.29, 1.82) is 0 Å². The van der Waals surface area contributed by atoms with Crippen LogP contribution in [0, 0.1) is 0 Å². The number of benzene rings is 1. The number of carbonyl (C=O) groups is 2. The summed E-state index contributed by atoms with van der Waals surface area (Å²) < 4.78 is 0. The van der Waals surface area contributed by atoms with Gasteiger partial charge in [-0.25, -0.2) is 0 Å². The number of nitrogens with zero attached hydrogens (tertiary/aromatic N) is 2. The highest BCUT2D eigenvalue weighted by Gasteiger charge is 2.22. The van der Waals surface area contributed by atoms with Gasteiger partial charge < -0.3 is 20.4 Å². The number of halogens is 3. The van der Waals surface area contributed by atoms with E-state index < -0.39 is 0 Å². The summed E-state index contributed by atoms with van der Waals surface area (Å²) in [6.45, 7) is 3.92. The molecule has 2 N–H and O–H groups in total. The maximum Gasteiger partial charge on any atom is 0.242 e. The summed E-state index contributed by atoms with van der Waals surface area (Å²) in [6, 6.07) is 8.02. The lowest BCUT2D eigenvalue weighted by Crippen LogP contribution is -2.51. The number of rotatable bonds is 5. The molecule has 0 aromatic heterocycles. The van der Waals surface area contributed by atoms with E-state index in [1.54, 1.807) is 0 Å². The summed E-state index contributed by atoms with van der Waals surface area (Å²) in [7, 11) is 0. The summed E-state index contributed by atoms with van der Waals surface area (Å²) in [5.74, 6) is -0.0659. The molecule has 2 aliphatic rings. The molecule has 1 aromatic carbocycles. The van der Waals surface area contributed by atoms with Gasteiger partial charge in [0.15, 0.2) is 0 Å². The summed E-state index contributed by atoms with van der Waals surface area (Å²) in [5.41, 5.74) is 1.08. The van der Waals surface area contributed by atoms with Gasteiger partial charge in [0.05, 0.1) is 6.54 Å². The van der Waals surface area contributed by atoms with Gasteiger partial charge in [0.2, 0.25) is 11.8 Å². The molecule has 1 aromatic rings. The Balaban J connectivity index is 0.00000182. The molecule has 2 fully saturated rings. The van der Waals surface area contributed by atoms with Crippen molar-refractivity contribution in [3.63, 3.8) is 0 Å². The molecule has 0 saturated carbocycles. The van der Waals surface area contributed by atoms with Crippen molar-refractivity contribution in [3.8, 4) is 0 Å². The Morgan fingerprint density at radius 3 is 2.56 bits per heavy atom. The van der Waals surface area contributed by atoms with Crippen LogP contribution >= 0.6 is 36.4 Å². The van der Waals surface area contributed by atoms with E-state index in [1.165, 1.54) is 0 Å². The molecule has 9 heteroatoms. The van der Waals surface area contributed by atoms with Crippen molar-refractivity contribution in [2.75, 3.05) is 44.2 Å². The van der Waals surface area contributed by atoms with Crippen LogP contribution in [-0.2, 0) is 9.59 Å². The topological polar surface area (TPSA) is 64.7 Å². The number of anilines is 1. The third-order valence-electron chi connectivity index (χ3n) is 4.84. The minimum Gasteiger partial charge on any atom is -0.368 e. The summed E-state index contributed by atoms with van der Waals surface area (Å²) in [4.78, 5) is 28.2. The molecule has 0 bridgehead atoms. The quantitative estimate of drug-likeness (QED) is 0.740. The van der Waals surface area contributed by atoms with E-state index in [0.29, 0.717) is 19.5 Å². The van der Waals surface area contributed by atoms with E-state index in [0.717, 1.165) is 43.2 Å². The first-order valence-corrected chi connectivity index (χ1v) is 9.28. The van der Waals surface area contributed by atoms with E-state index in [9.17, 15) is 9.59 Å². The van der Waals surface area contributed by atoms with Gasteiger partial charge in [-0.05, 0) is 37.6 Å². The van der Waals surface area contributed by atoms with Crippen molar-refractivity contribution in [2.24, 2.45) is 0 Å². The van der Waals surface area contributed by atoms with E-state index in [-0.39, 0.29) is 49.2 Å². The van der Waals surface area contributed by atoms with Crippen LogP contribution in [-0.4, -0.2) is 62.0 Å². The standard InChI is InChI=1S/C18H25ClN4O2.2ClH/c19-14-3-1-5-16(11-14)22-7-9-23(10-8-22)18(25)13-21-17(24)12-15-4-2-6-20-15;;/h1,3,5,11,15,20H,2,4,6-10,12-13H2,(H,21,24);2*1H. The third-order valence-corrected chi connectivity index (χ3v) is 5.07. The van der Waals surface area contributed by atoms with Gasteiger partial charge in [-0.15, -0.1) is 24.8 Å². The largest absolute Gasteiger partial charge is 0.368 e. The monoisotopic (exact) mass is 436 g/mol. The van der Waals surface area contributed by atoms with Crippen molar-refractivity contribution in [1.82, 2.24) is 15.5 Å². The molecule has 0 aliphatic carbocycles. The van der Waals surface area contributed by atoms with Gasteiger partial charge in [-0.3, -0.25) is 9.59 Å². The van der Waals surface area contributed by atoms with Crippen molar-refractivity contribution >= 4 is 53.9 Å². The lowest BCUT2D eigenvalue weighted by molar-refractivity contribution is -0.133. The zero-order chi connectivity index (χ0) is 17.6. The lowest BCUT2D eigenvalue weighted by Gasteiger charge is -2.36. The van der Waals surface area contributed by atoms with E-state index in [1.807, 2.05) is 29.2 Å². The minimum absolute atomic E-state index is 0. The average Bonchev–Trinajstić information content (AvgIpc) is 3.13. The fraction of sp³-hybridized carbons (Fsp3) is 0.556. The molecule has 0 spiro atoms. The van der Waals surface area contributed by atoms with Gasteiger partial charge in [-0.1, -0.05) is 17.7 Å². The molecule has 2 aliphatic heterocycles. The predicted molar refractivity (Wildman–Crippen MR) is 113 cm³/mol. The number of hydrogen-bond donors (Lipinski definition) is 2. The number of carbonyl (C=O) groups excluding carboxylic acids is 2. The van der Waals surface area contributed by atoms with E-state index >= 15 is 0 Å². The van der Waals surface area contributed by atoms with Gasteiger partial charge >= 0.3 is 0 Å². The summed E-state index contributed by atoms with van der Waals surface area (Å²) in [6.07, 6.45) is 2.61. The molecule has 1 unspecified atom stereocenters. The molecule has 152 valence electrons. The molecule has 0 radical (unpaired) electrons. The fourth-order valence-electron chi connectivity index (χ4n) is 3.40. The minimum atomic E-state index is -0.0506. The molecule has 2 heterocycles. The number of hydrogen-bond acceptors (Lipinski definition) is 4. The molecule has 1 atom stereocenters. The maximum atomic E-state index is 12.3. The number of nitrogens with one attached hydrogen (secondary N) is 2. The maximum absolute atomic E-state index is 12.3. The number of piperazine rings is 1. The van der Waals surface area contributed by atoms with Crippen LogP contribution < -0.4 is 15.5 Å². The second-order valence-corrected chi connectivity index (χ2v) is 7.06. The highest BCUT2D eigenvalue weighted by Crippen LogP contribution is 2.20. The fourth-order valence-corrected chi connectivity index (χ4v) is 3.58.